The SMILES string of the molecule is CC.CCCCNC(=O)c1ccc(C(F)(F)F)cc1.CCCCNC(=O)c1ccccc1C(F)(F)F. The van der Waals surface area contributed by atoms with Gasteiger partial charge in [0.1, 0.15) is 0 Å². The number of amides is 2. The fourth-order valence-electron chi connectivity index (χ4n) is 2.69. The van der Waals surface area contributed by atoms with Crippen molar-refractivity contribution in [3.63, 3.8) is 0 Å². The van der Waals surface area contributed by atoms with Crippen LogP contribution >= 0.6 is 0 Å². The van der Waals surface area contributed by atoms with Gasteiger partial charge >= 0.3 is 12.4 Å². The summed E-state index contributed by atoms with van der Waals surface area (Å²) in [5.74, 6) is -1.02. The number of benzene rings is 2. The number of hydrogen-bond acceptors (Lipinski definition) is 2. The predicted molar refractivity (Wildman–Crippen MR) is 129 cm³/mol. The van der Waals surface area contributed by atoms with E-state index in [1.165, 1.54) is 30.3 Å². The molecule has 0 aromatic heterocycles. The van der Waals surface area contributed by atoms with Gasteiger partial charge in [0, 0.05) is 18.7 Å². The summed E-state index contributed by atoms with van der Waals surface area (Å²) in [6.07, 6.45) is -5.43. The van der Waals surface area contributed by atoms with Crippen LogP contribution in [-0.2, 0) is 12.4 Å². The van der Waals surface area contributed by atoms with Gasteiger partial charge in [0.05, 0.1) is 16.7 Å². The first-order valence-electron chi connectivity index (χ1n) is 11.8. The van der Waals surface area contributed by atoms with Crippen molar-refractivity contribution in [1.82, 2.24) is 10.6 Å². The van der Waals surface area contributed by atoms with Gasteiger partial charge in [0.2, 0.25) is 0 Å². The predicted octanol–water partition coefficient (Wildman–Crippen LogP) is 7.50. The summed E-state index contributed by atoms with van der Waals surface area (Å²) < 4.78 is 74.7. The number of hydrogen-bond donors (Lipinski definition) is 2. The fraction of sp³-hybridized carbons (Fsp3) is 0.462. The molecule has 2 amide bonds. The molecule has 0 unspecified atom stereocenters. The van der Waals surface area contributed by atoms with E-state index in [1.54, 1.807) is 0 Å². The van der Waals surface area contributed by atoms with Crippen LogP contribution in [0.3, 0.4) is 0 Å². The van der Waals surface area contributed by atoms with Gasteiger partial charge in [-0.25, -0.2) is 0 Å². The molecule has 2 aromatic carbocycles. The molecule has 4 nitrogen and oxygen atoms in total. The minimum atomic E-state index is -4.50. The molecule has 0 radical (unpaired) electrons. The van der Waals surface area contributed by atoms with E-state index in [0.29, 0.717) is 13.1 Å². The Bertz CT molecular complexity index is 910. The van der Waals surface area contributed by atoms with E-state index in [1.807, 2.05) is 27.7 Å². The average Bonchev–Trinajstić information content (AvgIpc) is 2.85. The number of unbranched alkanes of at least 4 members (excludes halogenated alkanes) is 2. The van der Waals surface area contributed by atoms with Crippen molar-refractivity contribution in [2.75, 3.05) is 13.1 Å². The third kappa shape index (κ3) is 12.1. The van der Waals surface area contributed by atoms with Crippen LogP contribution in [0.1, 0.15) is 85.2 Å². The minimum absolute atomic E-state index is 0.245. The van der Waals surface area contributed by atoms with Crippen LogP contribution in [0, 0.1) is 0 Å². The zero-order valence-electron chi connectivity index (χ0n) is 20.9. The second-order valence-electron chi connectivity index (χ2n) is 7.34. The number of halogens is 6. The van der Waals surface area contributed by atoms with E-state index in [0.717, 1.165) is 43.9 Å². The van der Waals surface area contributed by atoms with Crippen molar-refractivity contribution in [1.29, 1.82) is 0 Å². The van der Waals surface area contributed by atoms with Crippen LogP contribution in [0.5, 0.6) is 0 Å². The molecule has 0 heterocycles. The van der Waals surface area contributed by atoms with Gasteiger partial charge in [-0.2, -0.15) is 26.3 Å². The first-order chi connectivity index (χ1) is 16.9. The number of carbonyl (C=O) groups excluding carboxylic acids is 2. The summed E-state index contributed by atoms with van der Waals surface area (Å²) >= 11 is 0. The normalized spacial score (nSPS) is 10.8. The third-order valence-electron chi connectivity index (χ3n) is 4.58. The fourth-order valence-corrected chi connectivity index (χ4v) is 2.69. The van der Waals surface area contributed by atoms with Crippen LogP contribution in [0.25, 0.3) is 0 Å². The smallest absolute Gasteiger partial charge is 0.352 e. The average molecular weight is 521 g/mol. The monoisotopic (exact) mass is 520 g/mol. The van der Waals surface area contributed by atoms with Gasteiger partial charge in [-0.05, 0) is 49.2 Å². The van der Waals surface area contributed by atoms with Gasteiger partial charge in [0.25, 0.3) is 11.8 Å². The summed E-state index contributed by atoms with van der Waals surface area (Å²) in [7, 11) is 0. The van der Waals surface area contributed by atoms with E-state index in [4.69, 9.17) is 0 Å². The second kappa shape index (κ2) is 16.6. The van der Waals surface area contributed by atoms with E-state index in [2.05, 4.69) is 10.6 Å². The molecule has 2 N–H and O–H groups in total. The van der Waals surface area contributed by atoms with E-state index >= 15 is 0 Å². The van der Waals surface area contributed by atoms with E-state index in [9.17, 15) is 35.9 Å². The molecule has 0 aliphatic rings. The summed E-state index contributed by atoms with van der Waals surface area (Å²) in [6.45, 7) is 8.86. The molecule has 36 heavy (non-hydrogen) atoms. The topological polar surface area (TPSA) is 58.2 Å². The van der Waals surface area contributed by atoms with Crippen LogP contribution in [0.15, 0.2) is 48.5 Å². The molecule has 2 aromatic rings. The van der Waals surface area contributed by atoms with Gasteiger partial charge in [0.15, 0.2) is 0 Å². The molecule has 202 valence electrons. The highest BCUT2D eigenvalue weighted by Crippen LogP contribution is 2.31. The Morgan fingerprint density at radius 3 is 1.61 bits per heavy atom. The summed E-state index contributed by atoms with van der Waals surface area (Å²) in [5.41, 5.74) is -1.72. The molecule has 0 bridgehead atoms. The van der Waals surface area contributed by atoms with Crippen molar-refractivity contribution in [2.45, 2.75) is 65.7 Å². The standard InChI is InChI=1S/2C12H14F3NO.C2H6/c1-2-3-8-16-11(17)9-4-6-10(7-5-9)12(13,14)15;1-2-3-8-16-11(17)9-6-4-5-7-10(9)12(13,14)15;1-2/h2*4-7H,2-3,8H2,1H3,(H,16,17);1-2H3. The molecule has 0 saturated carbocycles. The highest BCUT2D eigenvalue weighted by molar-refractivity contribution is 5.96. The molecule has 0 fully saturated rings. The second-order valence-corrected chi connectivity index (χ2v) is 7.34. The Kier molecular flexibility index (Phi) is 15.2. The van der Waals surface area contributed by atoms with Crippen molar-refractivity contribution in [2.24, 2.45) is 0 Å². The molecule has 0 saturated heterocycles. The summed E-state index contributed by atoms with van der Waals surface area (Å²) in [5, 5.41) is 5.11. The highest BCUT2D eigenvalue weighted by atomic mass is 19.4. The number of nitrogens with one attached hydrogen (secondary N) is 2. The Labute approximate surface area is 208 Å². The summed E-state index contributed by atoms with van der Waals surface area (Å²) in [6, 6.07) is 8.98. The zero-order chi connectivity index (χ0) is 27.8. The van der Waals surface area contributed by atoms with Crippen molar-refractivity contribution < 1.29 is 35.9 Å². The van der Waals surface area contributed by atoms with Gasteiger partial charge < -0.3 is 10.6 Å². The van der Waals surface area contributed by atoms with E-state index < -0.39 is 29.4 Å². The first kappa shape index (κ1) is 33.0. The lowest BCUT2D eigenvalue weighted by Crippen LogP contribution is -2.27. The zero-order valence-corrected chi connectivity index (χ0v) is 20.9. The van der Waals surface area contributed by atoms with Gasteiger partial charge in [-0.1, -0.05) is 52.7 Å². The highest BCUT2D eigenvalue weighted by Gasteiger charge is 2.34. The van der Waals surface area contributed by atoms with Crippen molar-refractivity contribution in [3.05, 3.63) is 70.8 Å². The summed E-state index contributed by atoms with van der Waals surface area (Å²) in [4.78, 5) is 23.1. The largest absolute Gasteiger partial charge is 0.417 e. The molecule has 0 aliphatic carbocycles. The van der Waals surface area contributed by atoms with E-state index in [-0.39, 0.29) is 17.0 Å². The number of rotatable bonds is 8. The van der Waals surface area contributed by atoms with Crippen molar-refractivity contribution in [3.8, 4) is 0 Å². The lowest BCUT2D eigenvalue weighted by atomic mass is 10.1. The molecule has 2 rings (SSSR count). The molecule has 0 spiro atoms. The van der Waals surface area contributed by atoms with Crippen molar-refractivity contribution >= 4 is 11.8 Å². The van der Waals surface area contributed by atoms with Crippen LogP contribution in [0.2, 0.25) is 0 Å². The molecule has 10 heteroatoms. The third-order valence-corrected chi connectivity index (χ3v) is 4.58. The first-order valence-corrected chi connectivity index (χ1v) is 11.8. The molecule has 0 aliphatic heterocycles. The quantitative estimate of drug-likeness (QED) is 0.280. The minimum Gasteiger partial charge on any atom is -0.352 e. The lowest BCUT2D eigenvalue weighted by Gasteiger charge is -2.12. The van der Waals surface area contributed by atoms with Crippen LogP contribution in [-0.4, -0.2) is 24.9 Å². The molecular weight excluding hydrogens is 486 g/mol. The molecule has 0 atom stereocenters. The van der Waals surface area contributed by atoms with Crippen LogP contribution < -0.4 is 10.6 Å². The van der Waals surface area contributed by atoms with Gasteiger partial charge in [-0.15, -0.1) is 0 Å². The Morgan fingerprint density at radius 2 is 1.17 bits per heavy atom. The number of alkyl halides is 6. The Morgan fingerprint density at radius 1 is 0.694 bits per heavy atom. The number of carbonyl (C=O) groups is 2. The van der Waals surface area contributed by atoms with Gasteiger partial charge in [-0.3, -0.25) is 9.59 Å². The maximum Gasteiger partial charge on any atom is 0.417 e. The van der Waals surface area contributed by atoms with Crippen LogP contribution in [0.4, 0.5) is 26.3 Å². The Hall–Kier alpha value is -3.04. The lowest BCUT2D eigenvalue weighted by molar-refractivity contribution is -0.138. The molecular formula is C26H34F6N2O2. The maximum absolute atomic E-state index is 12.6. The Balaban J connectivity index is 0.000000637. The maximum atomic E-state index is 12.6.